The number of Topliss-reactive ketones (excluding diaryl/α,β-unsaturated/α-hetero) is 1. The van der Waals surface area contributed by atoms with Gasteiger partial charge in [0.15, 0.2) is 5.78 Å². The van der Waals surface area contributed by atoms with Crippen LogP contribution in [0.3, 0.4) is 0 Å². The number of rotatable bonds is 6. The minimum absolute atomic E-state index is 0.0213. The number of nitrogens with zero attached hydrogens (tertiary/aromatic N) is 2. The molecule has 0 aliphatic carbocycles. The number of carbonyl (C=O) groups excluding carboxylic acids is 2. The number of ether oxygens (including phenoxy) is 1. The summed E-state index contributed by atoms with van der Waals surface area (Å²) >= 11 is 0. The molecule has 2 aromatic carbocycles. The maximum absolute atomic E-state index is 13.2. The van der Waals surface area contributed by atoms with E-state index in [1.165, 1.54) is 37.3 Å². The van der Waals surface area contributed by atoms with Crippen LogP contribution in [0.4, 0.5) is 18.9 Å². The molecule has 0 saturated carbocycles. The maximum atomic E-state index is 13.2. The van der Waals surface area contributed by atoms with E-state index in [0.717, 1.165) is 0 Å². The second-order valence-electron chi connectivity index (χ2n) is 6.53. The molecule has 156 valence electrons. The first-order valence-corrected chi connectivity index (χ1v) is 9.15. The molecule has 0 aliphatic rings. The summed E-state index contributed by atoms with van der Waals surface area (Å²) in [6.45, 7) is 3.15. The van der Waals surface area contributed by atoms with Crippen molar-refractivity contribution in [2.75, 3.05) is 5.32 Å². The van der Waals surface area contributed by atoms with E-state index in [2.05, 4.69) is 15.3 Å². The summed E-state index contributed by atoms with van der Waals surface area (Å²) in [5.74, 6) is -2.24. The lowest BCUT2D eigenvalue weighted by atomic mass is 10.1. The molecule has 1 N–H and O–H groups in total. The fourth-order valence-corrected chi connectivity index (χ4v) is 2.78. The number of carbonyl (C=O) groups is 2. The Morgan fingerprint density at radius 3 is 2.50 bits per heavy atom. The van der Waals surface area contributed by atoms with E-state index in [1.54, 1.807) is 12.1 Å². The molecule has 1 aromatic heterocycles. The molecule has 1 amide bonds. The summed E-state index contributed by atoms with van der Waals surface area (Å²) in [4.78, 5) is 31.0. The standard InChI is InChI=1S/C21H18F3N3O3/c1-3-6-18(29)25-13-9-10-17(15(11-13)12(2)28)30-19-14-7-4-5-8-16(14)26-20(27-19)21(22,23)24/h4-5,7-11H,3,6H2,1-2H3,(H,25,29). The average molecular weight is 417 g/mol. The van der Waals surface area contributed by atoms with Crippen LogP contribution in [0.15, 0.2) is 42.5 Å². The van der Waals surface area contributed by atoms with Gasteiger partial charge in [-0.25, -0.2) is 4.98 Å². The van der Waals surface area contributed by atoms with E-state index in [-0.39, 0.29) is 39.8 Å². The quantitative estimate of drug-likeness (QED) is 0.545. The third kappa shape index (κ3) is 4.73. The molecule has 0 spiro atoms. The van der Waals surface area contributed by atoms with Crippen molar-refractivity contribution in [1.82, 2.24) is 9.97 Å². The second kappa shape index (κ2) is 8.48. The third-order valence-electron chi connectivity index (χ3n) is 4.15. The molecule has 3 rings (SSSR count). The Balaban J connectivity index is 2.04. The van der Waals surface area contributed by atoms with Gasteiger partial charge in [0.25, 0.3) is 0 Å². The van der Waals surface area contributed by atoms with Crippen molar-refractivity contribution >= 4 is 28.3 Å². The zero-order chi connectivity index (χ0) is 21.9. The number of para-hydroxylation sites is 1. The van der Waals surface area contributed by atoms with Gasteiger partial charge < -0.3 is 10.1 Å². The summed E-state index contributed by atoms with van der Waals surface area (Å²) in [6, 6.07) is 10.4. The van der Waals surface area contributed by atoms with Crippen LogP contribution in [0.25, 0.3) is 10.9 Å². The molecule has 0 radical (unpaired) electrons. The van der Waals surface area contributed by atoms with Gasteiger partial charge in [0.2, 0.25) is 17.6 Å². The Morgan fingerprint density at radius 2 is 1.83 bits per heavy atom. The van der Waals surface area contributed by atoms with Crippen molar-refractivity contribution in [2.45, 2.75) is 32.9 Å². The lowest BCUT2D eigenvalue weighted by molar-refractivity contribution is -0.144. The monoisotopic (exact) mass is 417 g/mol. The van der Waals surface area contributed by atoms with Crippen molar-refractivity contribution < 1.29 is 27.5 Å². The molecule has 6 nitrogen and oxygen atoms in total. The van der Waals surface area contributed by atoms with Gasteiger partial charge in [0, 0.05) is 12.1 Å². The van der Waals surface area contributed by atoms with E-state index in [4.69, 9.17) is 4.74 Å². The average Bonchev–Trinajstić information content (AvgIpc) is 2.68. The van der Waals surface area contributed by atoms with Crippen LogP contribution >= 0.6 is 0 Å². The maximum Gasteiger partial charge on any atom is 0.451 e. The molecule has 3 aromatic rings. The Kier molecular flexibility index (Phi) is 6.00. The Morgan fingerprint density at radius 1 is 1.10 bits per heavy atom. The number of anilines is 1. The number of hydrogen-bond donors (Lipinski definition) is 1. The van der Waals surface area contributed by atoms with Gasteiger partial charge in [0.1, 0.15) is 5.75 Å². The Hall–Kier alpha value is -3.49. The molecule has 0 saturated heterocycles. The van der Waals surface area contributed by atoms with Gasteiger partial charge in [0.05, 0.1) is 16.5 Å². The molecular weight excluding hydrogens is 399 g/mol. The van der Waals surface area contributed by atoms with Gasteiger partial charge in [-0.1, -0.05) is 19.1 Å². The molecule has 0 bridgehead atoms. The number of benzene rings is 2. The normalized spacial score (nSPS) is 11.4. The van der Waals surface area contributed by atoms with Crippen molar-refractivity contribution in [1.29, 1.82) is 0 Å². The summed E-state index contributed by atoms with van der Waals surface area (Å²) < 4.78 is 45.3. The van der Waals surface area contributed by atoms with Crippen LogP contribution in [-0.4, -0.2) is 21.7 Å². The topological polar surface area (TPSA) is 81.2 Å². The molecule has 1 heterocycles. The Labute approximate surface area is 170 Å². The number of halogens is 3. The van der Waals surface area contributed by atoms with Crippen molar-refractivity contribution in [2.24, 2.45) is 0 Å². The van der Waals surface area contributed by atoms with E-state index in [0.29, 0.717) is 18.5 Å². The zero-order valence-corrected chi connectivity index (χ0v) is 16.2. The molecule has 9 heteroatoms. The van der Waals surface area contributed by atoms with Crippen LogP contribution < -0.4 is 10.1 Å². The number of ketones is 1. The SMILES string of the molecule is CCCC(=O)Nc1ccc(Oc2nc(C(F)(F)F)nc3ccccc23)c(C(C)=O)c1. The highest BCUT2D eigenvalue weighted by Crippen LogP contribution is 2.35. The van der Waals surface area contributed by atoms with Gasteiger partial charge in [-0.2, -0.15) is 18.2 Å². The smallest absolute Gasteiger partial charge is 0.437 e. The molecule has 0 atom stereocenters. The first kappa shape index (κ1) is 21.2. The lowest BCUT2D eigenvalue weighted by Crippen LogP contribution is -2.12. The van der Waals surface area contributed by atoms with Gasteiger partial charge in [-0.3, -0.25) is 9.59 Å². The fourth-order valence-electron chi connectivity index (χ4n) is 2.78. The fraction of sp³-hybridized carbons (Fsp3) is 0.238. The van der Waals surface area contributed by atoms with Gasteiger partial charge >= 0.3 is 6.18 Å². The third-order valence-corrected chi connectivity index (χ3v) is 4.15. The zero-order valence-electron chi connectivity index (χ0n) is 16.2. The number of fused-ring (bicyclic) bond motifs is 1. The highest BCUT2D eigenvalue weighted by molar-refractivity contribution is 5.99. The van der Waals surface area contributed by atoms with Crippen molar-refractivity contribution in [3.8, 4) is 11.6 Å². The Bertz CT molecular complexity index is 1110. The van der Waals surface area contributed by atoms with Crippen molar-refractivity contribution in [3.05, 3.63) is 53.9 Å². The van der Waals surface area contributed by atoms with E-state index in [1.807, 2.05) is 6.92 Å². The first-order valence-electron chi connectivity index (χ1n) is 9.15. The van der Waals surface area contributed by atoms with E-state index in [9.17, 15) is 22.8 Å². The minimum Gasteiger partial charge on any atom is -0.437 e. The predicted octanol–water partition coefficient (Wildman–Crippen LogP) is 5.38. The highest BCUT2D eigenvalue weighted by Gasteiger charge is 2.36. The van der Waals surface area contributed by atoms with E-state index >= 15 is 0 Å². The highest BCUT2D eigenvalue weighted by atomic mass is 19.4. The number of nitrogens with one attached hydrogen (secondary N) is 1. The van der Waals surface area contributed by atoms with Gasteiger partial charge in [-0.15, -0.1) is 0 Å². The van der Waals surface area contributed by atoms with Crippen LogP contribution in [0.2, 0.25) is 0 Å². The molecule has 0 unspecified atom stereocenters. The van der Waals surface area contributed by atoms with Crippen LogP contribution in [-0.2, 0) is 11.0 Å². The van der Waals surface area contributed by atoms with E-state index < -0.39 is 12.0 Å². The first-order chi connectivity index (χ1) is 14.2. The summed E-state index contributed by atoms with van der Waals surface area (Å²) in [5.41, 5.74) is 0.540. The molecular formula is C21H18F3N3O3. The number of hydrogen-bond acceptors (Lipinski definition) is 5. The van der Waals surface area contributed by atoms with Crippen LogP contribution in [0.5, 0.6) is 11.6 Å². The van der Waals surface area contributed by atoms with Gasteiger partial charge in [-0.05, 0) is 43.7 Å². The summed E-state index contributed by atoms with van der Waals surface area (Å²) in [5, 5.41) is 2.93. The minimum atomic E-state index is -4.76. The van der Waals surface area contributed by atoms with Crippen LogP contribution in [0, 0.1) is 0 Å². The predicted molar refractivity (Wildman–Crippen MR) is 105 cm³/mol. The molecule has 30 heavy (non-hydrogen) atoms. The second-order valence-corrected chi connectivity index (χ2v) is 6.53. The summed E-state index contributed by atoms with van der Waals surface area (Å²) in [7, 11) is 0. The largest absolute Gasteiger partial charge is 0.451 e. The van der Waals surface area contributed by atoms with Crippen molar-refractivity contribution in [3.63, 3.8) is 0 Å². The summed E-state index contributed by atoms with van der Waals surface area (Å²) in [6.07, 6.45) is -3.78. The number of aromatic nitrogens is 2. The van der Waals surface area contributed by atoms with Crippen LogP contribution in [0.1, 0.15) is 42.9 Å². The number of amides is 1. The number of alkyl halides is 3. The molecule has 0 fully saturated rings. The molecule has 0 aliphatic heterocycles. The lowest BCUT2D eigenvalue weighted by Gasteiger charge is -2.14.